The SMILES string of the molecule is O=S(=O)(c1cccc(OC(F)F)c1)C(F)F. The lowest BCUT2D eigenvalue weighted by Gasteiger charge is -2.06. The zero-order valence-corrected chi connectivity index (χ0v) is 8.43. The molecule has 0 bridgehead atoms. The fraction of sp³-hybridized carbons (Fsp3) is 0.250. The summed E-state index contributed by atoms with van der Waals surface area (Å²) in [5.41, 5.74) is 0. The molecule has 0 atom stereocenters. The van der Waals surface area contributed by atoms with Gasteiger partial charge in [-0.15, -0.1) is 0 Å². The first-order chi connectivity index (χ1) is 7.34. The van der Waals surface area contributed by atoms with E-state index in [1.807, 2.05) is 0 Å². The van der Waals surface area contributed by atoms with E-state index in [0.717, 1.165) is 18.2 Å². The minimum Gasteiger partial charge on any atom is -0.435 e. The molecule has 0 N–H and O–H groups in total. The number of ether oxygens (including phenoxy) is 1. The molecule has 0 aliphatic carbocycles. The third kappa shape index (κ3) is 2.84. The fourth-order valence-electron chi connectivity index (χ4n) is 0.930. The van der Waals surface area contributed by atoms with Gasteiger partial charge in [0, 0.05) is 0 Å². The highest BCUT2D eigenvalue weighted by atomic mass is 32.2. The lowest BCUT2D eigenvalue weighted by Crippen LogP contribution is -2.11. The van der Waals surface area contributed by atoms with Crippen LogP contribution in [-0.2, 0) is 9.84 Å². The Morgan fingerprint density at radius 3 is 2.25 bits per heavy atom. The lowest BCUT2D eigenvalue weighted by atomic mass is 10.3. The van der Waals surface area contributed by atoms with E-state index >= 15 is 0 Å². The largest absolute Gasteiger partial charge is 0.435 e. The van der Waals surface area contributed by atoms with Crippen molar-refractivity contribution in [2.45, 2.75) is 17.3 Å². The monoisotopic (exact) mass is 258 g/mol. The molecule has 16 heavy (non-hydrogen) atoms. The van der Waals surface area contributed by atoms with Crippen LogP contribution < -0.4 is 4.74 Å². The molecule has 90 valence electrons. The van der Waals surface area contributed by atoms with E-state index in [2.05, 4.69) is 4.74 Å². The van der Waals surface area contributed by atoms with Crippen LogP contribution in [0.5, 0.6) is 5.75 Å². The van der Waals surface area contributed by atoms with E-state index in [0.29, 0.717) is 6.07 Å². The molecule has 1 aromatic rings. The van der Waals surface area contributed by atoms with Crippen molar-refractivity contribution in [2.24, 2.45) is 0 Å². The van der Waals surface area contributed by atoms with Gasteiger partial charge in [0.1, 0.15) is 5.75 Å². The topological polar surface area (TPSA) is 43.4 Å². The maximum atomic E-state index is 12.1. The molecule has 8 heteroatoms. The number of benzene rings is 1. The Bertz CT molecular complexity index is 458. The Hall–Kier alpha value is -1.31. The van der Waals surface area contributed by atoms with Crippen molar-refractivity contribution < 1.29 is 30.7 Å². The molecule has 0 saturated heterocycles. The van der Waals surface area contributed by atoms with Gasteiger partial charge in [-0.3, -0.25) is 0 Å². The van der Waals surface area contributed by atoms with Gasteiger partial charge >= 0.3 is 12.4 Å². The summed E-state index contributed by atoms with van der Waals surface area (Å²) in [5, 5.41) is 0. The molecule has 0 aliphatic heterocycles. The van der Waals surface area contributed by atoms with E-state index in [1.54, 1.807) is 0 Å². The maximum absolute atomic E-state index is 12.1. The average Bonchev–Trinajstić information content (AvgIpc) is 2.16. The van der Waals surface area contributed by atoms with Gasteiger partial charge in [0.2, 0.25) is 9.84 Å². The van der Waals surface area contributed by atoms with Crippen LogP contribution in [0.1, 0.15) is 0 Å². The molecule has 1 rings (SSSR count). The van der Waals surface area contributed by atoms with Crippen LogP contribution in [0.4, 0.5) is 17.6 Å². The minimum atomic E-state index is -4.79. The Balaban J connectivity index is 3.08. The molecule has 0 saturated carbocycles. The molecular weight excluding hydrogens is 252 g/mol. The van der Waals surface area contributed by atoms with Crippen molar-refractivity contribution in [1.29, 1.82) is 0 Å². The van der Waals surface area contributed by atoms with E-state index in [9.17, 15) is 26.0 Å². The summed E-state index contributed by atoms with van der Waals surface area (Å²) in [4.78, 5) is -0.763. The molecule has 0 fully saturated rings. The fourth-order valence-corrected chi connectivity index (χ4v) is 1.68. The van der Waals surface area contributed by atoms with Crippen LogP contribution in [0.15, 0.2) is 29.2 Å². The molecule has 0 radical (unpaired) electrons. The first kappa shape index (κ1) is 12.8. The highest BCUT2D eigenvalue weighted by Gasteiger charge is 2.26. The summed E-state index contributed by atoms with van der Waals surface area (Å²) < 4.78 is 73.6. The normalized spacial score (nSPS) is 12.1. The smallest absolute Gasteiger partial charge is 0.387 e. The summed E-state index contributed by atoms with van der Waals surface area (Å²) in [6.45, 7) is -3.15. The Labute approximate surface area is 88.6 Å². The Morgan fingerprint density at radius 1 is 1.12 bits per heavy atom. The molecule has 0 heterocycles. The second kappa shape index (κ2) is 4.69. The van der Waals surface area contributed by atoms with Crippen LogP contribution in [0.25, 0.3) is 0 Å². The predicted octanol–water partition coefficient (Wildman–Crippen LogP) is 2.28. The molecule has 3 nitrogen and oxygen atoms in total. The third-order valence-electron chi connectivity index (χ3n) is 1.59. The minimum absolute atomic E-state index is 0.489. The van der Waals surface area contributed by atoms with Crippen molar-refractivity contribution >= 4 is 9.84 Å². The Kier molecular flexibility index (Phi) is 3.74. The third-order valence-corrected chi connectivity index (χ3v) is 2.97. The Morgan fingerprint density at radius 2 is 1.75 bits per heavy atom. The molecule has 0 amide bonds. The van der Waals surface area contributed by atoms with Crippen LogP contribution in [-0.4, -0.2) is 20.8 Å². The zero-order chi connectivity index (χ0) is 12.3. The first-order valence-electron chi connectivity index (χ1n) is 3.91. The molecule has 0 unspecified atom stereocenters. The second-order valence-corrected chi connectivity index (χ2v) is 4.58. The number of sulfone groups is 1. The number of halogens is 4. The summed E-state index contributed by atoms with van der Waals surface area (Å²) in [6.07, 6.45) is 0. The number of hydrogen-bond donors (Lipinski definition) is 0. The van der Waals surface area contributed by atoms with Crippen LogP contribution in [0.3, 0.4) is 0 Å². The quantitative estimate of drug-likeness (QED) is 0.778. The second-order valence-electron chi connectivity index (χ2n) is 2.66. The average molecular weight is 258 g/mol. The molecule has 1 aromatic carbocycles. The van der Waals surface area contributed by atoms with E-state index in [-0.39, 0.29) is 0 Å². The van der Waals surface area contributed by atoms with Gasteiger partial charge in [0.05, 0.1) is 4.90 Å². The summed E-state index contributed by atoms with van der Waals surface area (Å²) >= 11 is 0. The van der Waals surface area contributed by atoms with E-state index in [1.165, 1.54) is 0 Å². The van der Waals surface area contributed by atoms with E-state index < -0.39 is 32.9 Å². The van der Waals surface area contributed by atoms with Crippen molar-refractivity contribution in [1.82, 2.24) is 0 Å². The van der Waals surface area contributed by atoms with Crippen molar-refractivity contribution in [3.05, 3.63) is 24.3 Å². The predicted molar refractivity (Wildman–Crippen MR) is 46.3 cm³/mol. The standard InChI is InChI=1S/C8H6F4O3S/c9-7(10)15-5-2-1-3-6(4-5)16(13,14)8(11)12/h1-4,7-8H. The summed E-state index contributed by atoms with van der Waals surface area (Å²) in [6, 6.07) is 3.57. The highest BCUT2D eigenvalue weighted by Crippen LogP contribution is 2.23. The molecule has 0 aromatic heterocycles. The van der Waals surface area contributed by atoms with Gasteiger partial charge in [-0.05, 0) is 18.2 Å². The number of hydrogen-bond acceptors (Lipinski definition) is 3. The lowest BCUT2D eigenvalue weighted by molar-refractivity contribution is -0.0499. The molecule has 0 spiro atoms. The number of rotatable bonds is 4. The van der Waals surface area contributed by atoms with Gasteiger partial charge in [0.25, 0.3) is 0 Å². The van der Waals surface area contributed by atoms with Gasteiger partial charge < -0.3 is 4.74 Å². The van der Waals surface area contributed by atoms with Gasteiger partial charge in [-0.25, -0.2) is 8.42 Å². The molecular formula is C8H6F4O3S. The maximum Gasteiger partial charge on any atom is 0.387 e. The van der Waals surface area contributed by atoms with Gasteiger partial charge in [-0.2, -0.15) is 17.6 Å². The van der Waals surface area contributed by atoms with Gasteiger partial charge in [-0.1, -0.05) is 6.07 Å². The van der Waals surface area contributed by atoms with E-state index in [4.69, 9.17) is 0 Å². The molecule has 0 aliphatic rings. The zero-order valence-electron chi connectivity index (χ0n) is 7.61. The van der Waals surface area contributed by atoms with Crippen LogP contribution in [0, 0.1) is 0 Å². The highest BCUT2D eigenvalue weighted by molar-refractivity contribution is 7.91. The van der Waals surface area contributed by atoms with Crippen LogP contribution >= 0.6 is 0 Å². The summed E-state index contributed by atoms with van der Waals surface area (Å²) in [5.74, 6) is -4.09. The number of alkyl halides is 4. The van der Waals surface area contributed by atoms with Crippen molar-refractivity contribution in [3.63, 3.8) is 0 Å². The van der Waals surface area contributed by atoms with Crippen molar-refractivity contribution in [2.75, 3.05) is 0 Å². The van der Waals surface area contributed by atoms with Crippen molar-refractivity contribution in [3.8, 4) is 5.75 Å². The van der Waals surface area contributed by atoms with Crippen LogP contribution in [0.2, 0.25) is 0 Å². The summed E-state index contributed by atoms with van der Waals surface area (Å²) in [7, 11) is -4.79. The first-order valence-corrected chi connectivity index (χ1v) is 5.45. The van der Waals surface area contributed by atoms with Gasteiger partial charge in [0.15, 0.2) is 0 Å².